The van der Waals surface area contributed by atoms with Crippen molar-refractivity contribution in [2.75, 3.05) is 0 Å². The van der Waals surface area contributed by atoms with Gasteiger partial charge in [-0.1, -0.05) is 43.7 Å². The van der Waals surface area contributed by atoms with Crippen molar-refractivity contribution < 1.29 is 0 Å². The first kappa shape index (κ1) is 14.8. The van der Waals surface area contributed by atoms with E-state index in [0.717, 1.165) is 35.5 Å². The first-order chi connectivity index (χ1) is 10.6. The van der Waals surface area contributed by atoms with Gasteiger partial charge in [-0.25, -0.2) is 0 Å². The van der Waals surface area contributed by atoms with Crippen molar-refractivity contribution in [2.24, 2.45) is 40.9 Å². The summed E-state index contributed by atoms with van der Waals surface area (Å²) in [6.07, 6.45) is 14.5. The fourth-order valence-corrected chi connectivity index (χ4v) is 7.14. The Morgan fingerprint density at radius 2 is 2.00 bits per heavy atom. The molecular formula is C22H32. The molecule has 7 atom stereocenters. The molecule has 0 N–H and O–H groups in total. The molecule has 120 valence electrons. The Morgan fingerprint density at radius 3 is 2.77 bits per heavy atom. The molecular weight excluding hydrogens is 264 g/mol. The summed E-state index contributed by atoms with van der Waals surface area (Å²) in [5.74, 6) is 5.40. The monoisotopic (exact) mass is 296 g/mol. The van der Waals surface area contributed by atoms with Crippen molar-refractivity contribution in [3.8, 4) is 0 Å². The largest absolute Gasteiger partial charge is 0.103 e. The van der Waals surface area contributed by atoms with Crippen molar-refractivity contribution in [3.05, 3.63) is 36.5 Å². The van der Waals surface area contributed by atoms with Gasteiger partial charge in [0.15, 0.2) is 0 Å². The molecule has 3 saturated carbocycles. The SMILES string of the molecule is C=CC12CCC3C4CCC(=C)C=C4CC(C)C3C1CCC2C. The zero-order chi connectivity index (χ0) is 15.5. The van der Waals surface area contributed by atoms with Crippen molar-refractivity contribution in [1.82, 2.24) is 0 Å². The highest BCUT2D eigenvalue weighted by atomic mass is 14.6. The second-order valence-electron chi connectivity index (χ2n) is 8.89. The maximum Gasteiger partial charge on any atom is -0.00641 e. The Hall–Kier alpha value is -0.780. The van der Waals surface area contributed by atoms with Gasteiger partial charge in [0.1, 0.15) is 0 Å². The zero-order valence-corrected chi connectivity index (χ0v) is 14.5. The molecule has 0 aromatic carbocycles. The Kier molecular flexibility index (Phi) is 3.44. The van der Waals surface area contributed by atoms with E-state index in [9.17, 15) is 0 Å². The highest BCUT2D eigenvalue weighted by Crippen LogP contribution is 2.65. The van der Waals surface area contributed by atoms with Crippen LogP contribution < -0.4 is 0 Å². The third-order valence-corrected chi connectivity index (χ3v) is 8.14. The van der Waals surface area contributed by atoms with Crippen LogP contribution in [0.15, 0.2) is 36.5 Å². The fourth-order valence-electron chi connectivity index (χ4n) is 7.14. The molecule has 0 radical (unpaired) electrons. The van der Waals surface area contributed by atoms with Crippen LogP contribution >= 0.6 is 0 Å². The number of rotatable bonds is 1. The van der Waals surface area contributed by atoms with Gasteiger partial charge < -0.3 is 0 Å². The molecule has 0 aromatic rings. The van der Waals surface area contributed by atoms with E-state index >= 15 is 0 Å². The molecule has 0 bridgehead atoms. The van der Waals surface area contributed by atoms with Crippen LogP contribution in [0.5, 0.6) is 0 Å². The minimum atomic E-state index is 0.467. The molecule has 0 saturated heterocycles. The zero-order valence-electron chi connectivity index (χ0n) is 14.5. The highest BCUT2D eigenvalue weighted by molar-refractivity contribution is 5.30. The lowest BCUT2D eigenvalue weighted by Gasteiger charge is -2.56. The molecule has 0 amide bonds. The van der Waals surface area contributed by atoms with Gasteiger partial charge in [-0.15, -0.1) is 6.58 Å². The summed E-state index contributed by atoms with van der Waals surface area (Å²) in [5.41, 5.74) is 3.60. The molecule has 4 aliphatic carbocycles. The summed E-state index contributed by atoms with van der Waals surface area (Å²) in [6.45, 7) is 13.6. The third-order valence-electron chi connectivity index (χ3n) is 8.14. The van der Waals surface area contributed by atoms with E-state index in [1.54, 1.807) is 5.57 Å². The first-order valence-corrected chi connectivity index (χ1v) is 9.58. The number of allylic oxidation sites excluding steroid dienone is 4. The first-order valence-electron chi connectivity index (χ1n) is 9.58. The smallest absolute Gasteiger partial charge is 0.00641 e. The standard InChI is InChI=1S/C22H32/c1-5-22-11-10-19-18-8-6-14(2)12-17(18)13-15(3)21(19)20(22)9-7-16(22)4/h5,12,15-16,18-21H,1-2,6-11,13H2,3-4H3. The van der Waals surface area contributed by atoms with Gasteiger partial charge in [-0.3, -0.25) is 0 Å². The quantitative estimate of drug-likeness (QED) is 0.508. The Morgan fingerprint density at radius 1 is 1.18 bits per heavy atom. The molecule has 3 fully saturated rings. The van der Waals surface area contributed by atoms with Crippen molar-refractivity contribution in [2.45, 2.75) is 58.8 Å². The molecule has 0 aliphatic heterocycles. The maximum atomic E-state index is 4.30. The fraction of sp³-hybridized carbons (Fsp3) is 0.727. The molecule has 0 aromatic heterocycles. The van der Waals surface area contributed by atoms with Crippen LogP contribution in [0.4, 0.5) is 0 Å². The van der Waals surface area contributed by atoms with Gasteiger partial charge in [-0.05, 0) is 85.9 Å². The summed E-state index contributed by atoms with van der Waals surface area (Å²) < 4.78 is 0. The molecule has 0 spiro atoms. The minimum absolute atomic E-state index is 0.467. The number of fused-ring (bicyclic) bond motifs is 5. The topological polar surface area (TPSA) is 0 Å². The lowest BCUT2D eigenvalue weighted by molar-refractivity contribution is -0.0272. The average molecular weight is 296 g/mol. The van der Waals surface area contributed by atoms with Crippen molar-refractivity contribution in [1.29, 1.82) is 0 Å². The van der Waals surface area contributed by atoms with E-state index in [4.69, 9.17) is 0 Å². The van der Waals surface area contributed by atoms with E-state index in [2.05, 4.69) is 39.2 Å². The van der Waals surface area contributed by atoms with Gasteiger partial charge in [0.05, 0.1) is 0 Å². The average Bonchev–Trinajstić information content (AvgIpc) is 2.84. The second kappa shape index (κ2) is 5.11. The molecule has 4 aliphatic rings. The van der Waals surface area contributed by atoms with E-state index < -0.39 is 0 Å². The normalized spacial score (nSPS) is 50.6. The molecule has 4 rings (SSSR count). The van der Waals surface area contributed by atoms with Gasteiger partial charge in [-0.2, -0.15) is 0 Å². The lowest BCUT2D eigenvalue weighted by Crippen LogP contribution is -2.49. The van der Waals surface area contributed by atoms with Gasteiger partial charge in [0.2, 0.25) is 0 Å². The molecule has 7 unspecified atom stereocenters. The van der Waals surface area contributed by atoms with E-state index in [0.29, 0.717) is 5.41 Å². The highest BCUT2D eigenvalue weighted by Gasteiger charge is 2.57. The van der Waals surface area contributed by atoms with Gasteiger partial charge in [0.25, 0.3) is 0 Å². The van der Waals surface area contributed by atoms with E-state index in [1.165, 1.54) is 50.5 Å². The van der Waals surface area contributed by atoms with Crippen LogP contribution in [0.2, 0.25) is 0 Å². The Labute approximate surface area is 136 Å². The predicted molar refractivity (Wildman–Crippen MR) is 94.5 cm³/mol. The molecule has 0 nitrogen and oxygen atoms in total. The Balaban J connectivity index is 1.70. The van der Waals surface area contributed by atoms with Crippen LogP contribution in [-0.4, -0.2) is 0 Å². The third kappa shape index (κ3) is 1.88. The summed E-state index contributed by atoms with van der Waals surface area (Å²) in [6, 6.07) is 0. The van der Waals surface area contributed by atoms with E-state index in [1.807, 2.05) is 0 Å². The molecule has 22 heavy (non-hydrogen) atoms. The number of hydrogen-bond donors (Lipinski definition) is 0. The van der Waals surface area contributed by atoms with Crippen LogP contribution in [0, 0.1) is 40.9 Å². The van der Waals surface area contributed by atoms with Crippen molar-refractivity contribution in [3.63, 3.8) is 0 Å². The maximum absolute atomic E-state index is 4.30. The lowest BCUT2D eigenvalue weighted by atomic mass is 9.48. The van der Waals surface area contributed by atoms with Crippen molar-refractivity contribution >= 4 is 0 Å². The van der Waals surface area contributed by atoms with Crippen LogP contribution in [0.25, 0.3) is 0 Å². The summed E-state index contributed by atoms with van der Waals surface area (Å²) >= 11 is 0. The van der Waals surface area contributed by atoms with Crippen LogP contribution in [0.3, 0.4) is 0 Å². The molecule has 0 heterocycles. The summed E-state index contributed by atoms with van der Waals surface area (Å²) in [5, 5.41) is 0. The predicted octanol–water partition coefficient (Wildman–Crippen LogP) is 6.16. The minimum Gasteiger partial charge on any atom is -0.103 e. The second-order valence-corrected chi connectivity index (χ2v) is 8.89. The summed E-state index contributed by atoms with van der Waals surface area (Å²) in [7, 11) is 0. The summed E-state index contributed by atoms with van der Waals surface area (Å²) in [4.78, 5) is 0. The van der Waals surface area contributed by atoms with Gasteiger partial charge in [0, 0.05) is 0 Å². The van der Waals surface area contributed by atoms with Gasteiger partial charge >= 0.3 is 0 Å². The van der Waals surface area contributed by atoms with E-state index in [-0.39, 0.29) is 0 Å². The molecule has 0 heteroatoms. The van der Waals surface area contributed by atoms with Crippen LogP contribution in [0.1, 0.15) is 58.8 Å². The number of hydrogen-bond acceptors (Lipinski definition) is 0. The Bertz CT molecular complexity index is 524. The van der Waals surface area contributed by atoms with Crippen LogP contribution in [-0.2, 0) is 0 Å².